The van der Waals surface area contributed by atoms with Crippen molar-refractivity contribution in [3.63, 3.8) is 0 Å². The number of carboxylic acids is 1. The van der Waals surface area contributed by atoms with Crippen LogP contribution in [0.3, 0.4) is 0 Å². The normalized spacial score (nSPS) is 12.7. The smallest absolute Gasteiger partial charge is 0.304 e. The molecule has 0 radical (unpaired) electrons. The van der Waals surface area contributed by atoms with Crippen molar-refractivity contribution in [3.05, 3.63) is 65.7 Å². The van der Waals surface area contributed by atoms with Crippen LogP contribution in [0.2, 0.25) is 0 Å². The maximum Gasteiger partial charge on any atom is 0.304 e. The monoisotopic (exact) mass is 347 g/mol. The van der Waals surface area contributed by atoms with Crippen molar-refractivity contribution in [2.45, 2.75) is 37.1 Å². The molecule has 0 aliphatic carbocycles. The first kappa shape index (κ1) is 18.2. The molecule has 1 atom stereocenters. The highest BCUT2D eigenvalue weighted by Gasteiger charge is 2.22. The molecule has 0 bridgehead atoms. The summed E-state index contributed by atoms with van der Waals surface area (Å²) in [7, 11) is -3.74. The second kappa shape index (κ2) is 8.08. The summed E-state index contributed by atoms with van der Waals surface area (Å²) in [5, 5.41) is 9.05. The lowest BCUT2D eigenvalue weighted by molar-refractivity contribution is -0.137. The highest BCUT2D eigenvalue weighted by Crippen LogP contribution is 2.14. The molecular formula is C18H21NO4S. The van der Waals surface area contributed by atoms with Gasteiger partial charge in [0.2, 0.25) is 10.0 Å². The fraction of sp³-hybridized carbons (Fsp3) is 0.278. The van der Waals surface area contributed by atoms with Crippen molar-refractivity contribution >= 4 is 16.0 Å². The third-order valence-electron chi connectivity index (χ3n) is 3.70. The topological polar surface area (TPSA) is 83.5 Å². The van der Waals surface area contributed by atoms with Crippen molar-refractivity contribution < 1.29 is 18.3 Å². The zero-order valence-corrected chi connectivity index (χ0v) is 14.3. The van der Waals surface area contributed by atoms with E-state index in [0.717, 1.165) is 11.1 Å². The molecule has 0 saturated heterocycles. The standard InChI is InChI=1S/C18H21NO4S/c1-14-7-11-17(12-8-14)24(22,23)19-16(13-18(20)21)10-9-15-5-3-2-4-6-15/h2-8,11-12,16,19H,9-10,13H2,1H3,(H,20,21). The molecule has 24 heavy (non-hydrogen) atoms. The van der Waals surface area contributed by atoms with Gasteiger partial charge in [-0.15, -0.1) is 0 Å². The van der Waals surface area contributed by atoms with Crippen LogP contribution in [0, 0.1) is 6.92 Å². The minimum atomic E-state index is -3.74. The summed E-state index contributed by atoms with van der Waals surface area (Å²) in [5.41, 5.74) is 2.00. The Balaban J connectivity index is 2.09. The van der Waals surface area contributed by atoms with E-state index >= 15 is 0 Å². The molecule has 0 aliphatic rings. The second-order valence-corrected chi connectivity index (χ2v) is 7.47. The number of hydrogen-bond donors (Lipinski definition) is 2. The van der Waals surface area contributed by atoms with E-state index in [1.165, 1.54) is 12.1 Å². The van der Waals surface area contributed by atoms with Crippen LogP contribution in [0.25, 0.3) is 0 Å². The second-order valence-electron chi connectivity index (χ2n) is 5.75. The van der Waals surface area contributed by atoms with Gasteiger partial charge in [-0.2, -0.15) is 0 Å². The van der Waals surface area contributed by atoms with E-state index < -0.39 is 22.0 Å². The Morgan fingerprint density at radius 3 is 2.29 bits per heavy atom. The van der Waals surface area contributed by atoms with Crippen LogP contribution >= 0.6 is 0 Å². The number of carboxylic acid groups (broad SMARTS) is 1. The summed E-state index contributed by atoms with van der Waals surface area (Å²) >= 11 is 0. The fourth-order valence-electron chi connectivity index (χ4n) is 2.40. The van der Waals surface area contributed by atoms with Gasteiger partial charge < -0.3 is 5.11 Å². The van der Waals surface area contributed by atoms with Crippen LogP contribution in [0.1, 0.15) is 24.0 Å². The van der Waals surface area contributed by atoms with Gasteiger partial charge in [-0.25, -0.2) is 13.1 Å². The quantitative estimate of drug-likeness (QED) is 0.769. The van der Waals surface area contributed by atoms with Gasteiger partial charge in [0.25, 0.3) is 0 Å². The lowest BCUT2D eigenvalue weighted by Gasteiger charge is -2.17. The van der Waals surface area contributed by atoms with E-state index in [9.17, 15) is 13.2 Å². The summed E-state index contributed by atoms with van der Waals surface area (Å²) < 4.78 is 27.4. The van der Waals surface area contributed by atoms with Gasteiger partial charge in [-0.1, -0.05) is 48.0 Å². The highest BCUT2D eigenvalue weighted by molar-refractivity contribution is 7.89. The third-order valence-corrected chi connectivity index (χ3v) is 5.23. The van der Waals surface area contributed by atoms with E-state index in [0.29, 0.717) is 12.8 Å². The van der Waals surface area contributed by atoms with Gasteiger partial charge >= 0.3 is 5.97 Å². The molecule has 128 valence electrons. The van der Waals surface area contributed by atoms with Gasteiger partial charge in [-0.3, -0.25) is 4.79 Å². The van der Waals surface area contributed by atoms with Crippen LogP contribution in [0.5, 0.6) is 0 Å². The minimum absolute atomic E-state index is 0.142. The molecule has 2 aromatic carbocycles. The van der Waals surface area contributed by atoms with E-state index in [4.69, 9.17) is 5.11 Å². The van der Waals surface area contributed by atoms with Crippen molar-refractivity contribution in [2.24, 2.45) is 0 Å². The van der Waals surface area contributed by atoms with Gasteiger partial charge in [0.1, 0.15) is 0 Å². The maximum absolute atomic E-state index is 12.4. The van der Waals surface area contributed by atoms with Crippen LogP contribution in [-0.4, -0.2) is 25.5 Å². The number of aryl methyl sites for hydroxylation is 2. The van der Waals surface area contributed by atoms with E-state index in [-0.39, 0.29) is 11.3 Å². The lowest BCUT2D eigenvalue weighted by Crippen LogP contribution is -2.36. The van der Waals surface area contributed by atoms with Crippen LogP contribution in [0.4, 0.5) is 0 Å². The zero-order valence-electron chi connectivity index (χ0n) is 13.5. The molecule has 0 amide bonds. The molecule has 0 saturated carbocycles. The molecule has 2 rings (SSSR count). The Morgan fingerprint density at radius 2 is 1.71 bits per heavy atom. The van der Waals surface area contributed by atoms with Gasteiger partial charge in [0.15, 0.2) is 0 Å². The first-order valence-electron chi connectivity index (χ1n) is 7.71. The summed E-state index contributed by atoms with van der Waals surface area (Å²) in [4.78, 5) is 11.2. The average molecular weight is 347 g/mol. The Kier molecular flexibility index (Phi) is 6.11. The number of hydrogen-bond acceptors (Lipinski definition) is 3. The lowest BCUT2D eigenvalue weighted by atomic mass is 10.0. The van der Waals surface area contributed by atoms with Crippen LogP contribution < -0.4 is 4.72 Å². The third kappa shape index (κ3) is 5.47. The Bertz CT molecular complexity index is 770. The molecule has 2 N–H and O–H groups in total. The molecule has 5 nitrogen and oxygen atoms in total. The van der Waals surface area contributed by atoms with Gasteiger partial charge in [0, 0.05) is 6.04 Å². The van der Waals surface area contributed by atoms with E-state index in [1.54, 1.807) is 12.1 Å². The van der Waals surface area contributed by atoms with Gasteiger partial charge in [-0.05, 0) is 37.5 Å². The SMILES string of the molecule is Cc1ccc(S(=O)(=O)NC(CCc2ccccc2)CC(=O)O)cc1. The maximum atomic E-state index is 12.4. The van der Waals surface area contributed by atoms with Gasteiger partial charge in [0.05, 0.1) is 11.3 Å². The number of nitrogens with one attached hydrogen (secondary N) is 1. The summed E-state index contributed by atoms with van der Waals surface area (Å²) in [6.07, 6.45) is 0.772. The predicted molar refractivity (Wildman–Crippen MR) is 92.3 cm³/mol. The average Bonchev–Trinajstić information content (AvgIpc) is 2.53. The Labute approximate surface area is 142 Å². The van der Waals surface area contributed by atoms with E-state index in [1.807, 2.05) is 37.3 Å². The van der Waals surface area contributed by atoms with Crippen LogP contribution in [-0.2, 0) is 21.2 Å². The molecule has 6 heteroatoms. The largest absolute Gasteiger partial charge is 0.481 e. The molecule has 0 heterocycles. The number of carbonyl (C=O) groups is 1. The molecule has 0 aromatic heterocycles. The predicted octanol–water partition coefficient (Wildman–Crippen LogP) is 2.75. The van der Waals surface area contributed by atoms with Crippen molar-refractivity contribution in [1.82, 2.24) is 4.72 Å². The van der Waals surface area contributed by atoms with Crippen molar-refractivity contribution in [2.75, 3.05) is 0 Å². The molecule has 1 unspecified atom stereocenters. The van der Waals surface area contributed by atoms with Crippen molar-refractivity contribution in [3.8, 4) is 0 Å². The number of aliphatic carboxylic acids is 1. The molecule has 2 aromatic rings. The molecule has 0 aliphatic heterocycles. The minimum Gasteiger partial charge on any atom is -0.481 e. The number of sulfonamides is 1. The van der Waals surface area contributed by atoms with E-state index in [2.05, 4.69) is 4.72 Å². The molecule has 0 fully saturated rings. The van der Waals surface area contributed by atoms with Crippen LogP contribution in [0.15, 0.2) is 59.5 Å². The first-order chi connectivity index (χ1) is 11.4. The zero-order chi connectivity index (χ0) is 17.6. The summed E-state index contributed by atoms with van der Waals surface area (Å²) in [5.74, 6) is -1.03. The first-order valence-corrected chi connectivity index (χ1v) is 9.20. The number of benzene rings is 2. The Hall–Kier alpha value is -2.18. The Morgan fingerprint density at radius 1 is 1.08 bits per heavy atom. The summed E-state index contributed by atoms with van der Waals surface area (Å²) in [6, 6.07) is 15.4. The molecular weight excluding hydrogens is 326 g/mol. The molecule has 0 spiro atoms. The van der Waals surface area contributed by atoms with Crippen molar-refractivity contribution in [1.29, 1.82) is 0 Å². The fourth-order valence-corrected chi connectivity index (χ4v) is 3.67. The highest BCUT2D eigenvalue weighted by atomic mass is 32.2. The summed E-state index contributed by atoms with van der Waals surface area (Å²) in [6.45, 7) is 1.87. The number of rotatable bonds is 8.